The molecule has 0 radical (unpaired) electrons. The van der Waals surface area contributed by atoms with Gasteiger partial charge in [0.05, 0.1) is 25.4 Å². The van der Waals surface area contributed by atoms with Crippen LogP contribution in [0.2, 0.25) is 0 Å². The summed E-state index contributed by atoms with van der Waals surface area (Å²) in [5.74, 6) is 0.945. The van der Waals surface area contributed by atoms with Crippen molar-refractivity contribution in [2.24, 2.45) is 0 Å². The molecule has 1 aromatic heterocycles. The summed E-state index contributed by atoms with van der Waals surface area (Å²) in [5, 5.41) is 8.84. The first kappa shape index (κ1) is 13.1. The number of nitrogen functional groups attached to an aromatic ring is 1. The van der Waals surface area contributed by atoms with Crippen molar-refractivity contribution in [3.8, 4) is 17.7 Å². The summed E-state index contributed by atoms with van der Waals surface area (Å²) in [7, 11) is 0. The Morgan fingerprint density at radius 1 is 1.44 bits per heavy atom. The number of nitrogens with zero attached hydrogens (tertiary/aromatic N) is 2. The Labute approximate surface area is 126 Å². The van der Waals surface area contributed by atoms with Crippen LogP contribution in [0.3, 0.4) is 0 Å². The number of halogens is 2. The van der Waals surface area contributed by atoms with Gasteiger partial charge in [-0.25, -0.2) is 4.98 Å². The zero-order valence-electron chi connectivity index (χ0n) is 9.02. The van der Waals surface area contributed by atoms with Gasteiger partial charge < -0.3 is 10.5 Å². The third kappa shape index (κ3) is 2.73. The molecule has 0 spiro atoms. The molecular formula is C12H7BrIN3O. The molecule has 0 bridgehead atoms. The first-order valence-electron chi connectivity index (χ1n) is 4.89. The van der Waals surface area contributed by atoms with E-state index in [1.165, 1.54) is 0 Å². The van der Waals surface area contributed by atoms with E-state index in [-0.39, 0.29) is 0 Å². The highest BCUT2D eigenvalue weighted by atomic mass is 127. The molecule has 0 aliphatic carbocycles. The molecule has 2 N–H and O–H groups in total. The van der Waals surface area contributed by atoms with Crippen molar-refractivity contribution in [2.75, 3.05) is 5.73 Å². The Balaban J connectivity index is 2.42. The predicted molar refractivity (Wildman–Crippen MR) is 80.3 cm³/mol. The minimum Gasteiger partial charge on any atom is -0.435 e. The Morgan fingerprint density at radius 3 is 2.83 bits per heavy atom. The van der Waals surface area contributed by atoms with Crippen LogP contribution >= 0.6 is 38.5 Å². The Morgan fingerprint density at radius 2 is 2.22 bits per heavy atom. The van der Waals surface area contributed by atoms with Crippen LogP contribution < -0.4 is 10.5 Å². The number of nitrogens with two attached hydrogens (primary N) is 1. The van der Waals surface area contributed by atoms with Gasteiger partial charge in [-0.2, -0.15) is 5.26 Å². The van der Waals surface area contributed by atoms with Crippen LogP contribution in [0, 0.1) is 14.9 Å². The molecule has 0 aliphatic heterocycles. The molecule has 0 unspecified atom stereocenters. The highest BCUT2D eigenvalue weighted by Crippen LogP contribution is 2.35. The van der Waals surface area contributed by atoms with Crippen LogP contribution in [0.25, 0.3) is 0 Å². The van der Waals surface area contributed by atoms with Gasteiger partial charge in [0.1, 0.15) is 0 Å². The van der Waals surface area contributed by atoms with Crippen LogP contribution in [-0.4, -0.2) is 4.98 Å². The average Bonchev–Trinajstić information content (AvgIpc) is 2.35. The van der Waals surface area contributed by atoms with Crippen LogP contribution in [0.1, 0.15) is 5.56 Å². The predicted octanol–water partition coefficient (Wildman–Crippen LogP) is 3.69. The van der Waals surface area contributed by atoms with Crippen LogP contribution in [0.15, 0.2) is 34.9 Å². The third-order valence-corrected chi connectivity index (χ3v) is 3.53. The summed E-state index contributed by atoms with van der Waals surface area (Å²) >= 11 is 5.42. The standard InChI is InChI=1S/C12H7BrIN3O/c13-8-2-1-3-17-12(8)18-11-9(14)4-7(6-15)5-10(11)16/h1-5H,16H2. The van der Waals surface area contributed by atoms with Crippen LogP contribution in [-0.2, 0) is 0 Å². The number of hydrogen-bond donors (Lipinski definition) is 1. The largest absolute Gasteiger partial charge is 0.435 e. The van der Waals surface area contributed by atoms with Gasteiger partial charge in [-0.1, -0.05) is 0 Å². The van der Waals surface area contributed by atoms with Gasteiger partial charge in [0, 0.05) is 6.20 Å². The maximum Gasteiger partial charge on any atom is 0.233 e. The molecule has 1 aromatic carbocycles. The van der Waals surface area contributed by atoms with Crippen molar-refractivity contribution in [2.45, 2.75) is 0 Å². The van der Waals surface area contributed by atoms with Crippen molar-refractivity contribution in [3.05, 3.63) is 44.1 Å². The van der Waals surface area contributed by atoms with Gasteiger partial charge in [0.2, 0.25) is 5.88 Å². The summed E-state index contributed by atoms with van der Waals surface area (Å²) in [6.45, 7) is 0. The van der Waals surface area contributed by atoms with Gasteiger partial charge in [-0.3, -0.25) is 0 Å². The molecule has 0 aliphatic rings. The molecule has 0 amide bonds. The van der Waals surface area contributed by atoms with E-state index in [9.17, 15) is 0 Å². The molecule has 4 nitrogen and oxygen atoms in total. The second-order valence-electron chi connectivity index (χ2n) is 3.38. The first-order chi connectivity index (χ1) is 8.61. The SMILES string of the molecule is N#Cc1cc(N)c(Oc2ncccc2Br)c(I)c1. The second kappa shape index (κ2) is 5.54. The number of benzene rings is 1. The molecule has 90 valence electrons. The third-order valence-electron chi connectivity index (χ3n) is 2.12. The summed E-state index contributed by atoms with van der Waals surface area (Å²) in [5.41, 5.74) is 6.79. The van der Waals surface area contributed by atoms with Crippen molar-refractivity contribution >= 4 is 44.2 Å². The zero-order valence-corrected chi connectivity index (χ0v) is 12.8. The maximum absolute atomic E-state index is 8.84. The summed E-state index contributed by atoms with van der Waals surface area (Å²) in [6, 6.07) is 8.96. The van der Waals surface area contributed by atoms with Gasteiger partial charge in [-0.05, 0) is 62.8 Å². The fourth-order valence-electron chi connectivity index (χ4n) is 1.33. The molecule has 18 heavy (non-hydrogen) atoms. The lowest BCUT2D eigenvalue weighted by molar-refractivity contribution is 0.459. The van der Waals surface area contributed by atoms with Crippen molar-refractivity contribution < 1.29 is 4.74 Å². The molecule has 6 heteroatoms. The van der Waals surface area contributed by atoms with E-state index in [2.05, 4.69) is 43.5 Å². The number of anilines is 1. The number of pyridine rings is 1. The highest BCUT2D eigenvalue weighted by Gasteiger charge is 2.11. The monoisotopic (exact) mass is 415 g/mol. The number of aromatic nitrogens is 1. The first-order valence-corrected chi connectivity index (χ1v) is 6.76. The number of nitriles is 1. The molecule has 0 fully saturated rings. The average molecular weight is 416 g/mol. The topological polar surface area (TPSA) is 71.9 Å². The lowest BCUT2D eigenvalue weighted by Gasteiger charge is -2.11. The van der Waals surface area contributed by atoms with E-state index in [0.717, 1.165) is 8.04 Å². The fraction of sp³-hybridized carbons (Fsp3) is 0. The number of rotatable bonds is 2. The summed E-state index contributed by atoms with van der Waals surface area (Å²) < 4.78 is 7.18. The molecule has 1 heterocycles. The molecular weight excluding hydrogens is 409 g/mol. The van der Waals surface area contributed by atoms with E-state index in [1.54, 1.807) is 24.4 Å². The molecule has 0 saturated heterocycles. The van der Waals surface area contributed by atoms with Crippen molar-refractivity contribution in [1.82, 2.24) is 4.98 Å². The highest BCUT2D eigenvalue weighted by molar-refractivity contribution is 14.1. The van der Waals surface area contributed by atoms with Crippen molar-refractivity contribution in [3.63, 3.8) is 0 Å². The smallest absolute Gasteiger partial charge is 0.233 e. The van der Waals surface area contributed by atoms with Gasteiger partial charge >= 0.3 is 0 Å². The molecule has 2 rings (SSSR count). The Bertz CT molecular complexity index is 616. The zero-order chi connectivity index (χ0) is 13.1. The minimum atomic E-state index is 0.413. The van der Waals surface area contributed by atoms with Crippen LogP contribution in [0.5, 0.6) is 11.6 Å². The Kier molecular flexibility index (Phi) is 4.04. The van der Waals surface area contributed by atoms with Gasteiger partial charge in [-0.15, -0.1) is 0 Å². The van der Waals surface area contributed by atoms with E-state index >= 15 is 0 Å². The quantitative estimate of drug-likeness (QED) is 0.599. The van der Waals surface area contributed by atoms with E-state index in [1.807, 2.05) is 12.1 Å². The van der Waals surface area contributed by atoms with Gasteiger partial charge in [0.25, 0.3) is 0 Å². The molecule has 2 aromatic rings. The lowest BCUT2D eigenvalue weighted by Crippen LogP contribution is -1.97. The summed E-state index contributed by atoms with van der Waals surface area (Å²) in [6.07, 6.45) is 1.63. The maximum atomic E-state index is 8.84. The normalized spacial score (nSPS) is 9.83. The van der Waals surface area contributed by atoms with E-state index < -0.39 is 0 Å². The van der Waals surface area contributed by atoms with Crippen LogP contribution in [0.4, 0.5) is 5.69 Å². The lowest BCUT2D eigenvalue weighted by atomic mass is 10.2. The summed E-state index contributed by atoms with van der Waals surface area (Å²) in [4.78, 5) is 4.11. The Hall–Kier alpha value is -1.33. The number of ether oxygens (including phenoxy) is 1. The van der Waals surface area contributed by atoms with E-state index in [4.69, 9.17) is 15.7 Å². The number of hydrogen-bond acceptors (Lipinski definition) is 4. The molecule has 0 atom stereocenters. The second-order valence-corrected chi connectivity index (χ2v) is 5.40. The fourth-order valence-corrected chi connectivity index (χ4v) is 2.42. The van der Waals surface area contributed by atoms with E-state index in [0.29, 0.717) is 22.9 Å². The van der Waals surface area contributed by atoms with Crippen molar-refractivity contribution in [1.29, 1.82) is 5.26 Å². The van der Waals surface area contributed by atoms with Gasteiger partial charge in [0.15, 0.2) is 5.75 Å². The minimum absolute atomic E-state index is 0.413. The molecule has 0 saturated carbocycles.